The monoisotopic (exact) mass is 324 g/mol. The predicted molar refractivity (Wildman–Crippen MR) is 85.9 cm³/mol. The summed E-state index contributed by atoms with van der Waals surface area (Å²) in [5.41, 5.74) is 2.83. The molecule has 0 aliphatic carbocycles. The van der Waals surface area contributed by atoms with Crippen LogP contribution in [0.5, 0.6) is 5.75 Å². The Hall–Kier alpha value is -3.09. The van der Waals surface area contributed by atoms with E-state index in [1.165, 1.54) is 6.26 Å². The normalized spacial score (nSPS) is 17.0. The molecule has 7 nitrogen and oxygen atoms in total. The van der Waals surface area contributed by atoms with Gasteiger partial charge in [-0.25, -0.2) is 4.98 Å². The number of nitrogens with one attached hydrogen (secondary N) is 2. The number of hydrogen-bond donors (Lipinski definition) is 2. The Bertz CT molecular complexity index is 870. The van der Waals surface area contributed by atoms with Gasteiger partial charge in [0.05, 0.1) is 7.11 Å². The Balaban J connectivity index is 1.72. The van der Waals surface area contributed by atoms with Crippen molar-refractivity contribution >= 4 is 5.91 Å². The maximum absolute atomic E-state index is 12.4. The number of carbonyl (C=O) groups excluding carboxylic acids is 1. The third kappa shape index (κ3) is 2.44. The van der Waals surface area contributed by atoms with E-state index >= 15 is 0 Å². The van der Waals surface area contributed by atoms with Crippen molar-refractivity contribution in [2.75, 3.05) is 13.7 Å². The van der Waals surface area contributed by atoms with Gasteiger partial charge in [0.25, 0.3) is 5.91 Å². The molecular formula is C17H16N4O3. The van der Waals surface area contributed by atoms with Gasteiger partial charge in [-0.3, -0.25) is 4.79 Å². The molecule has 4 rings (SSSR count). The molecule has 0 saturated heterocycles. The van der Waals surface area contributed by atoms with Gasteiger partial charge in [-0.2, -0.15) is 0 Å². The highest BCUT2D eigenvalue weighted by Gasteiger charge is 2.28. The van der Waals surface area contributed by atoms with E-state index < -0.39 is 0 Å². The van der Waals surface area contributed by atoms with Crippen LogP contribution in [-0.2, 0) is 6.42 Å². The third-order valence-electron chi connectivity index (χ3n) is 4.21. The van der Waals surface area contributed by atoms with Gasteiger partial charge in [0.15, 0.2) is 5.82 Å². The first-order valence-corrected chi connectivity index (χ1v) is 7.67. The van der Waals surface area contributed by atoms with E-state index in [1.807, 2.05) is 24.3 Å². The van der Waals surface area contributed by atoms with Crippen molar-refractivity contribution in [3.8, 4) is 17.3 Å². The van der Waals surface area contributed by atoms with Gasteiger partial charge in [-0.1, -0.05) is 23.4 Å². The molecule has 0 bridgehead atoms. The Morgan fingerprint density at radius 1 is 1.29 bits per heavy atom. The maximum atomic E-state index is 12.4. The van der Waals surface area contributed by atoms with Crippen LogP contribution in [0.3, 0.4) is 0 Å². The molecule has 3 heterocycles. The van der Waals surface area contributed by atoms with Crippen LogP contribution in [0.4, 0.5) is 0 Å². The van der Waals surface area contributed by atoms with Gasteiger partial charge < -0.3 is 19.6 Å². The van der Waals surface area contributed by atoms with Crippen LogP contribution in [0.15, 0.2) is 41.1 Å². The van der Waals surface area contributed by atoms with Crippen LogP contribution < -0.4 is 10.1 Å². The van der Waals surface area contributed by atoms with Gasteiger partial charge in [0.1, 0.15) is 23.4 Å². The molecule has 0 radical (unpaired) electrons. The Kier molecular flexibility index (Phi) is 3.53. The molecule has 1 aromatic carbocycles. The SMILES string of the molecule is COc1ccccc1C1CNC(=O)c2nc(-c3ccon3)[nH]c2C1. The first kappa shape index (κ1) is 14.5. The second-order valence-corrected chi connectivity index (χ2v) is 5.65. The number of ether oxygens (including phenoxy) is 1. The van der Waals surface area contributed by atoms with Gasteiger partial charge in [0, 0.05) is 24.2 Å². The molecule has 1 aliphatic rings. The molecule has 0 spiro atoms. The summed E-state index contributed by atoms with van der Waals surface area (Å²) < 4.78 is 10.3. The fourth-order valence-corrected chi connectivity index (χ4v) is 3.04. The summed E-state index contributed by atoms with van der Waals surface area (Å²) in [4.78, 5) is 19.9. The van der Waals surface area contributed by atoms with E-state index in [0.29, 0.717) is 30.2 Å². The van der Waals surface area contributed by atoms with E-state index in [4.69, 9.17) is 9.26 Å². The summed E-state index contributed by atoms with van der Waals surface area (Å²) in [6, 6.07) is 9.56. The summed E-state index contributed by atoms with van der Waals surface area (Å²) in [5, 5.41) is 6.80. The Morgan fingerprint density at radius 2 is 2.17 bits per heavy atom. The number of fused-ring (bicyclic) bond motifs is 1. The van der Waals surface area contributed by atoms with Crippen LogP contribution in [0.25, 0.3) is 11.5 Å². The van der Waals surface area contributed by atoms with E-state index in [-0.39, 0.29) is 11.8 Å². The number of aromatic nitrogens is 3. The van der Waals surface area contributed by atoms with Crippen molar-refractivity contribution in [1.29, 1.82) is 0 Å². The molecule has 3 aromatic rings. The first-order valence-electron chi connectivity index (χ1n) is 7.67. The highest BCUT2D eigenvalue weighted by molar-refractivity contribution is 5.94. The number of aromatic amines is 1. The number of amides is 1. The fourth-order valence-electron chi connectivity index (χ4n) is 3.04. The molecule has 1 unspecified atom stereocenters. The summed E-state index contributed by atoms with van der Waals surface area (Å²) in [5.74, 6) is 1.26. The number of H-pyrrole nitrogens is 1. The number of nitrogens with zero attached hydrogens (tertiary/aromatic N) is 2. The van der Waals surface area contributed by atoms with Crippen molar-refractivity contribution < 1.29 is 14.1 Å². The quantitative estimate of drug-likeness (QED) is 0.770. The third-order valence-corrected chi connectivity index (χ3v) is 4.21. The second-order valence-electron chi connectivity index (χ2n) is 5.65. The molecule has 2 aromatic heterocycles. The number of para-hydroxylation sites is 1. The molecule has 1 atom stereocenters. The molecule has 122 valence electrons. The molecule has 2 N–H and O–H groups in total. The van der Waals surface area contributed by atoms with Crippen LogP contribution >= 0.6 is 0 Å². The standard InChI is InChI=1S/C17H16N4O3/c1-23-14-5-3-2-4-11(14)10-8-13-15(17(22)18-9-10)20-16(19-13)12-6-7-24-21-12/h2-7,10H,8-9H2,1H3,(H,18,22)(H,19,20). The highest BCUT2D eigenvalue weighted by atomic mass is 16.5. The number of benzene rings is 1. The smallest absolute Gasteiger partial charge is 0.271 e. The van der Waals surface area contributed by atoms with Crippen molar-refractivity contribution in [3.63, 3.8) is 0 Å². The van der Waals surface area contributed by atoms with E-state index in [0.717, 1.165) is 17.0 Å². The van der Waals surface area contributed by atoms with E-state index in [9.17, 15) is 4.79 Å². The lowest BCUT2D eigenvalue weighted by atomic mass is 9.93. The Labute approximate surface area is 138 Å². The molecule has 7 heteroatoms. The summed E-state index contributed by atoms with van der Waals surface area (Å²) in [6.07, 6.45) is 2.13. The molecule has 0 saturated carbocycles. The van der Waals surface area contributed by atoms with Crippen LogP contribution in [0, 0.1) is 0 Å². The summed E-state index contributed by atoms with van der Waals surface area (Å²) in [6.45, 7) is 0.530. The van der Waals surface area contributed by atoms with E-state index in [1.54, 1.807) is 13.2 Å². The van der Waals surface area contributed by atoms with Crippen molar-refractivity contribution in [2.24, 2.45) is 0 Å². The summed E-state index contributed by atoms with van der Waals surface area (Å²) >= 11 is 0. The maximum Gasteiger partial charge on any atom is 0.271 e. The largest absolute Gasteiger partial charge is 0.496 e. The number of methoxy groups -OCH3 is 1. The first-order chi connectivity index (χ1) is 11.8. The molecule has 0 fully saturated rings. The average Bonchev–Trinajstić information content (AvgIpc) is 3.25. The summed E-state index contributed by atoms with van der Waals surface area (Å²) in [7, 11) is 1.65. The molecule has 24 heavy (non-hydrogen) atoms. The van der Waals surface area contributed by atoms with Crippen LogP contribution in [0.2, 0.25) is 0 Å². The minimum atomic E-state index is -0.187. The molecule has 1 aliphatic heterocycles. The number of imidazole rings is 1. The van der Waals surface area contributed by atoms with Crippen molar-refractivity contribution in [3.05, 3.63) is 53.5 Å². The van der Waals surface area contributed by atoms with Gasteiger partial charge >= 0.3 is 0 Å². The minimum Gasteiger partial charge on any atom is -0.496 e. The Morgan fingerprint density at radius 3 is 2.96 bits per heavy atom. The predicted octanol–water partition coefficient (Wildman–Crippen LogP) is 2.14. The zero-order valence-corrected chi connectivity index (χ0v) is 13.1. The number of carbonyl (C=O) groups is 1. The zero-order valence-electron chi connectivity index (χ0n) is 13.1. The lowest BCUT2D eigenvalue weighted by Gasteiger charge is -2.17. The van der Waals surface area contributed by atoms with Crippen molar-refractivity contribution in [1.82, 2.24) is 20.4 Å². The van der Waals surface area contributed by atoms with E-state index in [2.05, 4.69) is 20.4 Å². The molecule has 1 amide bonds. The van der Waals surface area contributed by atoms with Crippen LogP contribution in [-0.4, -0.2) is 34.7 Å². The van der Waals surface area contributed by atoms with Crippen LogP contribution in [0.1, 0.15) is 27.7 Å². The van der Waals surface area contributed by atoms with Gasteiger partial charge in [0.2, 0.25) is 0 Å². The van der Waals surface area contributed by atoms with Gasteiger partial charge in [-0.15, -0.1) is 0 Å². The average molecular weight is 324 g/mol. The topological polar surface area (TPSA) is 93.0 Å². The minimum absolute atomic E-state index is 0.0944. The molecular weight excluding hydrogens is 308 g/mol. The second kappa shape index (κ2) is 5.84. The lowest BCUT2D eigenvalue weighted by Crippen LogP contribution is -2.26. The zero-order chi connectivity index (χ0) is 16.5. The fraction of sp³-hybridized carbons (Fsp3) is 0.235. The van der Waals surface area contributed by atoms with Crippen molar-refractivity contribution in [2.45, 2.75) is 12.3 Å². The highest BCUT2D eigenvalue weighted by Crippen LogP contribution is 2.31. The lowest BCUT2D eigenvalue weighted by molar-refractivity contribution is 0.0950. The number of hydrogen-bond acceptors (Lipinski definition) is 5. The van der Waals surface area contributed by atoms with Gasteiger partial charge in [-0.05, 0) is 18.1 Å². The number of rotatable bonds is 3.